The van der Waals surface area contributed by atoms with Crippen LogP contribution in [-0.2, 0) is 0 Å². The highest BCUT2D eigenvalue weighted by Crippen LogP contribution is 2.20. The van der Waals surface area contributed by atoms with E-state index in [1.165, 1.54) is 12.8 Å². The molecule has 0 aromatic heterocycles. The highest BCUT2D eigenvalue weighted by Gasteiger charge is 2.05. The molecule has 0 aliphatic rings. The Morgan fingerprint density at radius 2 is 2.18 bits per heavy atom. The fourth-order valence-electron chi connectivity index (χ4n) is 1.63. The Hall–Kier alpha value is -1.19. The summed E-state index contributed by atoms with van der Waals surface area (Å²) in [6.45, 7) is 6.26. The molecular weight excluding hydrogens is 227 g/mol. The predicted octanol–water partition coefficient (Wildman–Crippen LogP) is 3.65. The molecule has 90 valence electrons. The van der Waals surface area contributed by atoms with Crippen molar-refractivity contribution < 1.29 is 0 Å². The second-order valence-corrected chi connectivity index (χ2v) is 4.81. The van der Waals surface area contributed by atoms with Crippen LogP contribution in [-0.4, -0.2) is 5.71 Å². The average molecular weight is 246 g/mol. The van der Waals surface area contributed by atoms with E-state index in [1.807, 2.05) is 19.1 Å². The Bertz CT molecular complexity index is 470. The topological polar surface area (TPSA) is 36.1 Å². The minimum atomic E-state index is 0.706. The molecule has 1 aromatic rings. The minimum Gasteiger partial charge on any atom is -0.258 e. The van der Waals surface area contributed by atoms with E-state index in [0.29, 0.717) is 5.56 Å². The molecule has 1 aromatic carbocycles. The van der Waals surface area contributed by atoms with Gasteiger partial charge in [-0.1, -0.05) is 13.3 Å². The smallest absolute Gasteiger partial charge is 0.0998 e. The van der Waals surface area contributed by atoms with Crippen LogP contribution in [0.2, 0.25) is 0 Å². The summed E-state index contributed by atoms with van der Waals surface area (Å²) in [5.74, 6) is 0. The van der Waals surface area contributed by atoms with Crippen molar-refractivity contribution in [2.45, 2.75) is 40.0 Å². The number of rotatable bonds is 4. The van der Waals surface area contributed by atoms with Crippen LogP contribution in [0.3, 0.4) is 0 Å². The van der Waals surface area contributed by atoms with Crippen LogP contribution in [0.1, 0.15) is 44.2 Å². The van der Waals surface area contributed by atoms with E-state index in [-0.39, 0.29) is 0 Å². The summed E-state index contributed by atoms with van der Waals surface area (Å²) in [5, 5.41) is 9.89. The maximum absolute atomic E-state index is 8.93. The largest absolute Gasteiger partial charge is 0.258 e. The first-order valence-electron chi connectivity index (χ1n) is 5.93. The molecule has 0 fully saturated rings. The van der Waals surface area contributed by atoms with Gasteiger partial charge in [-0.05, 0) is 49.7 Å². The first-order chi connectivity index (χ1) is 8.10. The molecular formula is C14H19N2P. The Morgan fingerprint density at radius 3 is 2.76 bits per heavy atom. The van der Waals surface area contributed by atoms with Gasteiger partial charge in [0.2, 0.25) is 0 Å². The third-order valence-electron chi connectivity index (χ3n) is 2.81. The number of benzene rings is 1. The third-order valence-corrected chi connectivity index (χ3v) is 3.55. The van der Waals surface area contributed by atoms with Gasteiger partial charge in [-0.25, -0.2) is 0 Å². The zero-order valence-electron chi connectivity index (χ0n) is 10.7. The van der Waals surface area contributed by atoms with E-state index in [0.717, 1.165) is 28.7 Å². The minimum absolute atomic E-state index is 0.706. The van der Waals surface area contributed by atoms with E-state index >= 15 is 0 Å². The van der Waals surface area contributed by atoms with Crippen molar-refractivity contribution in [2.24, 2.45) is 4.99 Å². The van der Waals surface area contributed by atoms with Crippen molar-refractivity contribution in [3.63, 3.8) is 0 Å². The van der Waals surface area contributed by atoms with E-state index in [2.05, 4.69) is 34.1 Å². The van der Waals surface area contributed by atoms with Gasteiger partial charge in [-0.3, -0.25) is 4.99 Å². The van der Waals surface area contributed by atoms with Crippen LogP contribution in [0.25, 0.3) is 0 Å². The average Bonchev–Trinajstić information content (AvgIpc) is 2.33. The van der Waals surface area contributed by atoms with Gasteiger partial charge in [-0.2, -0.15) is 5.26 Å². The highest BCUT2D eigenvalue weighted by molar-refractivity contribution is 7.27. The van der Waals surface area contributed by atoms with Crippen LogP contribution in [0.4, 0.5) is 5.69 Å². The van der Waals surface area contributed by atoms with Crippen LogP contribution >= 0.6 is 9.24 Å². The zero-order chi connectivity index (χ0) is 12.8. The van der Waals surface area contributed by atoms with E-state index in [9.17, 15) is 0 Å². The van der Waals surface area contributed by atoms with Crippen molar-refractivity contribution in [3.8, 4) is 6.07 Å². The molecule has 1 unspecified atom stereocenters. The standard InChI is InChI=1S/C14H19N2P/c1-4-5-6-10(2)16-13-8-7-12(9-15)14(17)11(13)3/h7-8H,4-6,17H2,1-3H3. The van der Waals surface area contributed by atoms with E-state index in [4.69, 9.17) is 5.26 Å². The third kappa shape index (κ3) is 3.65. The van der Waals surface area contributed by atoms with Crippen LogP contribution in [0.5, 0.6) is 0 Å². The summed E-state index contributed by atoms with van der Waals surface area (Å²) >= 11 is 0. The molecule has 0 aliphatic carbocycles. The Kier molecular flexibility index (Phi) is 5.32. The summed E-state index contributed by atoms with van der Waals surface area (Å²) in [5.41, 5.74) is 3.91. The number of nitriles is 1. The SMILES string of the molecule is CCCCC(C)=Nc1ccc(C#N)c(P)c1C. The van der Waals surface area contributed by atoms with Gasteiger partial charge in [0.05, 0.1) is 17.3 Å². The first kappa shape index (κ1) is 13.9. The lowest BCUT2D eigenvalue weighted by Gasteiger charge is -2.07. The van der Waals surface area contributed by atoms with Crippen molar-refractivity contribution in [1.29, 1.82) is 5.26 Å². The molecule has 0 aliphatic heterocycles. The fourth-order valence-corrected chi connectivity index (χ4v) is 1.94. The van der Waals surface area contributed by atoms with Crippen molar-refractivity contribution in [2.75, 3.05) is 0 Å². The molecule has 0 heterocycles. The van der Waals surface area contributed by atoms with E-state index < -0.39 is 0 Å². The van der Waals surface area contributed by atoms with Crippen LogP contribution in [0.15, 0.2) is 17.1 Å². The van der Waals surface area contributed by atoms with Gasteiger partial charge < -0.3 is 0 Å². The van der Waals surface area contributed by atoms with Crippen molar-refractivity contribution in [1.82, 2.24) is 0 Å². The lowest BCUT2D eigenvalue weighted by molar-refractivity contribution is 0.833. The van der Waals surface area contributed by atoms with Gasteiger partial charge in [0.15, 0.2) is 0 Å². The van der Waals surface area contributed by atoms with Gasteiger partial charge in [0.25, 0.3) is 0 Å². The van der Waals surface area contributed by atoms with Crippen molar-refractivity contribution >= 4 is 25.9 Å². The van der Waals surface area contributed by atoms with Gasteiger partial charge >= 0.3 is 0 Å². The number of hydrogen-bond acceptors (Lipinski definition) is 2. The molecule has 0 radical (unpaired) electrons. The van der Waals surface area contributed by atoms with Gasteiger partial charge in [0.1, 0.15) is 0 Å². The molecule has 0 N–H and O–H groups in total. The summed E-state index contributed by atoms with van der Waals surface area (Å²) in [4.78, 5) is 4.63. The predicted molar refractivity (Wildman–Crippen MR) is 77.5 cm³/mol. The quantitative estimate of drug-likeness (QED) is 0.590. The molecule has 0 spiro atoms. The lowest BCUT2D eigenvalue weighted by atomic mass is 10.1. The fraction of sp³-hybridized carbons (Fsp3) is 0.429. The van der Waals surface area contributed by atoms with Gasteiger partial charge in [-0.15, -0.1) is 9.24 Å². The molecule has 3 heteroatoms. The molecule has 1 rings (SSSR count). The monoisotopic (exact) mass is 246 g/mol. The summed E-state index contributed by atoms with van der Waals surface area (Å²) in [6.07, 6.45) is 3.41. The molecule has 1 atom stereocenters. The van der Waals surface area contributed by atoms with Gasteiger partial charge in [0, 0.05) is 5.71 Å². The molecule has 17 heavy (non-hydrogen) atoms. The summed E-state index contributed by atoms with van der Waals surface area (Å²) in [6, 6.07) is 5.94. The summed E-state index contributed by atoms with van der Waals surface area (Å²) in [7, 11) is 2.63. The number of aliphatic imine (C=N–C) groups is 1. The molecule has 0 saturated heterocycles. The summed E-state index contributed by atoms with van der Waals surface area (Å²) < 4.78 is 0. The van der Waals surface area contributed by atoms with Crippen molar-refractivity contribution in [3.05, 3.63) is 23.3 Å². The second kappa shape index (κ2) is 6.52. The Labute approximate surface area is 106 Å². The highest BCUT2D eigenvalue weighted by atomic mass is 31.0. The number of nitrogens with zero attached hydrogens (tertiary/aromatic N) is 2. The lowest BCUT2D eigenvalue weighted by Crippen LogP contribution is -2.03. The molecule has 2 nitrogen and oxygen atoms in total. The number of hydrogen-bond donors (Lipinski definition) is 0. The van der Waals surface area contributed by atoms with E-state index in [1.54, 1.807) is 0 Å². The first-order valence-corrected chi connectivity index (χ1v) is 6.51. The normalized spacial score (nSPS) is 11.4. The van der Waals surface area contributed by atoms with Crippen LogP contribution < -0.4 is 5.30 Å². The Morgan fingerprint density at radius 1 is 1.47 bits per heavy atom. The number of unbranched alkanes of at least 4 members (excludes halogenated alkanes) is 1. The Balaban J connectivity index is 3.01. The maximum atomic E-state index is 8.93. The maximum Gasteiger partial charge on any atom is 0.0998 e. The second-order valence-electron chi connectivity index (χ2n) is 4.23. The van der Waals surface area contributed by atoms with Crippen LogP contribution in [0, 0.1) is 18.3 Å². The zero-order valence-corrected chi connectivity index (χ0v) is 11.9. The molecule has 0 bridgehead atoms. The molecule has 0 saturated carbocycles. The molecule has 0 amide bonds.